The van der Waals surface area contributed by atoms with Gasteiger partial charge in [0.1, 0.15) is 0 Å². The van der Waals surface area contributed by atoms with E-state index >= 15 is 0 Å². The predicted octanol–water partition coefficient (Wildman–Crippen LogP) is 6.56. The third-order valence-corrected chi connectivity index (χ3v) is 6.76. The number of aliphatic imine (C=N–C) groups is 1. The smallest absolute Gasteiger partial charge is 0.264 e. The number of benzene rings is 3. The molecule has 0 bridgehead atoms. The van der Waals surface area contributed by atoms with E-state index in [4.69, 9.17) is 44.3 Å². The van der Waals surface area contributed by atoms with Crippen LogP contribution in [0.5, 0.6) is 11.5 Å². The molecule has 0 aromatic heterocycles. The van der Waals surface area contributed by atoms with Gasteiger partial charge in [-0.15, -0.1) is 0 Å². The first-order valence-corrected chi connectivity index (χ1v) is 12.4. The fraction of sp³-hybridized carbons (Fsp3) is 0.0800. The van der Waals surface area contributed by atoms with Crippen LogP contribution >= 0.6 is 46.6 Å². The molecular weight excluding hydrogens is 545 g/mol. The molecule has 11 heteroatoms. The Bertz CT molecular complexity index is 1380. The summed E-state index contributed by atoms with van der Waals surface area (Å²) >= 11 is 19.8. The summed E-state index contributed by atoms with van der Waals surface area (Å²) in [5, 5.41) is 6.67. The highest BCUT2D eigenvalue weighted by Gasteiger charge is 2.25. The number of methoxy groups -OCH3 is 1. The molecule has 0 unspecified atom stereocenters. The summed E-state index contributed by atoms with van der Waals surface area (Å²) in [6.07, 6.45) is 1.64. The number of amides is 2. The zero-order valence-corrected chi connectivity index (χ0v) is 21.8. The summed E-state index contributed by atoms with van der Waals surface area (Å²) in [7, 11) is 1.45. The maximum absolute atomic E-state index is 12.5. The molecule has 36 heavy (non-hydrogen) atoms. The van der Waals surface area contributed by atoms with Crippen molar-refractivity contribution in [3.63, 3.8) is 0 Å². The fourth-order valence-electron chi connectivity index (χ4n) is 3.14. The molecule has 1 heterocycles. The van der Waals surface area contributed by atoms with Crippen LogP contribution < -0.4 is 20.1 Å². The number of nitrogens with one attached hydrogen (secondary N) is 2. The highest BCUT2D eigenvalue weighted by Crippen LogP contribution is 2.39. The van der Waals surface area contributed by atoms with Crippen molar-refractivity contribution in [2.24, 2.45) is 4.99 Å². The number of carbonyl (C=O) groups excluding carboxylic acids is 2. The van der Waals surface area contributed by atoms with Crippen LogP contribution in [0.15, 0.2) is 70.6 Å². The van der Waals surface area contributed by atoms with Gasteiger partial charge in [-0.25, -0.2) is 4.99 Å². The van der Waals surface area contributed by atoms with Gasteiger partial charge < -0.3 is 20.1 Å². The fourth-order valence-corrected chi connectivity index (χ4v) is 4.59. The van der Waals surface area contributed by atoms with E-state index in [1.165, 1.54) is 7.11 Å². The molecule has 7 nitrogen and oxygen atoms in total. The maximum atomic E-state index is 12.5. The Morgan fingerprint density at radius 1 is 1.08 bits per heavy atom. The van der Waals surface area contributed by atoms with Gasteiger partial charge in [-0.1, -0.05) is 59.1 Å². The number of halogens is 3. The van der Waals surface area contributed by atoms with Crippen LogP contribution in [0.2, 0.25) is 15.1 Å². The molecule has 1 aliphatic heterocycles. The number of anilines is 1. The van der Waals surface area contributed by atoms with E-state index in [1.54, 1.807) is 48.5 Å². The van der Waals surface area contributed by atoms with Crippen LogP contribution in [-0.2, 0) is 9.59 Å². The molecule has 184 valence electrons. The van der Waals surface area contributed by atoms with Crippen LogP contribution in [0, 0.1) is 0 Å². The summed E-state index contributed by atoms with van der Waals surface area (Å²) < 4.78 is 11.0. The molecular formula is C25H18Cl3N3O4S. The van der Waals surface area contributed by atoms with Gasteiger partial charge in [0.25, 0.3) is 11.8 Å². The minimum atomic E-state index is -0.351. The Hall–Kier alpha value is -3.17. The number of carbonyl (C=O) groups is 2. The van der Waals surface area contributed by atoms with Gasteiger partial charge in [-0.2, -0.15) is 0 Å². The summed E-state index contributed by atoms with van der Waals surface area (Å²) in [5.41, 5.74) is 1.69. The molecule has 1 saturated heterocycles. The Morgan fingerprint density at radius 3 is 2.61 bits per heavy atom. The minimum Gasteiger partial charge on any atom is -0.493 e. The second-order valence-corrected chi connectivity index (χ2v) is 9.51. The molecule has 2 amide bonds. The van der Waals surface area contributed by atoms with Crippen LogP contribution in [0.1, 0.15) is 5.56 Å². The first-order chi connectivity index (χ1) is 17.3. The number of hydrogen-bond acceptors (Lipinski definition) is 6. The Morgan fingerprint density at radius 2 is 1.86 bits per heavy atom. The van der Waals surface area contributed by atoms with Gasteiger partial charge in [0.2, 0.25) is 0 Å². The first kappa shape index (κ1) is 25.9. The average Bonchev–Trinajstić information content (AvgIpc) is 3.20. The molecule has 1 fully saturated rings. The van der Waals surface area contributed by atoms with E-state index in [1.807, 2.05) is 18.2 Å². The quantitative estimate of drug-likeness (QED) is 0.318. The average molecular weight is 563 g/mol. The number of nitrogens with zero attached hydrogens (tertiary/aromatic N) is 1. The Labute approximate surface area is 226 Å². The van der Waals surface area contributed by atoms with Gasteiger partial charge in [-0.3, -0.25) is 9.59 Å². The van der Waals surface area contributed by atoms with Crippen molar-refractivity contribution in [2.45, 2.75) is 0 Å². The number of para-hydroxylation sites is 1. The second kappa shape index (κ2) is 11.7. The third kappa shape index (κ3) is 6.33. The van der Waals surface area contributed by atoms with E-state index in [-0.39, 0.29) is 29.2 Å². The van der Waals surface area contributed by atoms with Crippen LogP contribution in [0.4, 0.5) is 11.4 Å². The van der Waals surface area contributed by atoms with Gasteiger partial charge in [0.15, 0.2) is 23.3 Å². The second-order valence-electron chi connectivity index (χ2n) is 7.29. The van der Waals surface area contributed by atoms with Crippen LogP contribution in [0.3, 0.4) is 0 Å². The first-order valence-electron chi connectivity index (χ1n) is 10.4. The normalized spacial score (nSPS) is 15.2. The lowest BCUT2D eigenvalue weighted by molar-refractivity contribution is -0.118. The predicted molar refractivity (Wildman–Crippen MR) is 146 cm³/mol. The molecule has 0 radical (unpaired) electrons. The standard InChI is InChI=1S/C25H18Cl3N3O4S/c1-34-19-11-14(10-17(27)23(19)35-13-21(32)29-15-6-3-2-4-7-15)12-20-24(33)31-25(36-20)30-18-9-5-8-16(26)22(18)28/h2-12H,13H2,1H3,(H,29,32)(H,30,31,33)/b20-12+. The molecule has 0 atom stereocenters. The summed E-state index contributed by atoms with van der Waals surface area (Å²) in [6, 6.07) is 17.3. The number of ether oxygens (including phenoxy) is 2. The number of hydrogen-bond donors (Lipinski definition) is 2. The van der Waals surface area contributed by atoms with Crippen molar-refractivity contribution in [1.82, 2.24) is 5.32 Å². The summed E-state index contributed by atoms with van der Waals surface area (Å²) in [5.74, 6) is -0.156. The number of amidine groups is 1. The molecule has 0 spiro atoms. The summed E-state index contributed by atoms with van der Waals surface area (Å²) in [4.78, 5) is 29.5. The van der Waals surface area contributed by atoms with Crippen LogP contribution in [0.25, 0.3) is 6.08 Å². The van der Waals surface area contributed by atoms with E-state index < -0.39 is 0 Å². The van der Waals surface area contributed by atoms with Gasteiger partial charge in [0.05, 0.1) is 32.8 Å². The van der Waals surface area contributed by atoms with Crippen LogP contribution in [-0.4, -0.2) is 30.7 Å². The van der Waals surface area contributed by atoms with Crippen molar-refractivity contribution >= 4 is 81.0 Å². The van der Waals surface area contributed by atoms with Crippen molar-refractivity contribution < 1.29 is 19.1 Å². The third-order valence-electron chi connectivity index (χ3n) is 4.76. The zero-order chi connectivity index (χ0) is 25.7. The minimum absolute atomic E-state index is 0.214. The zero-order valence-electron chi connectivity index (χ0n) is 18.7. The van der Waals surface area contributed by atoms with Crippen molar-refractivity contribution in [2.75, 3.05) is 19.0 Å². The SMILES string of the molecule is COc1cc(/C=C2/SC(=Nc3cccc(Cl)c3Cl)NC2=O)cc(Cl)c1OCC(=O)Nc1ccccc1. The molecule has 3 aromatic rings. The highest BCUT2D eigenvalue weighted by molar-refractivity contribution is 8.18. The molecule has 0 saturated carbocycles. The molecule has 2 N–H and O–H groups in total. The lowest BCUT2D eigenvalue weighted by Crippen LogP contribution is -2.20. The van der Waals surface area contributed by atoms with E-state index in [2.05, 4.69) is 15.6 Å². The van der Waals surface area contributed by atoms with Crippen molar-refractivity contribution in [1.29, 1.82) is 0 Å². The molecule has 0 aliphatic carbocycles. The lowest BCUT2D eigenvalue weighted by Gasteiger charge is -2.13. The van der Waals surface area contributed by atoms with Gasteiger partial charge in [-0.05, 0) is 59.8 Å². The number of rotatable bonds is 7. The molecule has 1 aliphatic rings. The monoisotopic (exact) mass is 561 g/mol. The maximum Gasteiger partial charge on any atom is 0.264 e. The van der Waals surface area contributed by atoms with Gasteiger partial charge in [0, 0.05) is 5.69 Å². The van der Waals surface area contributed by atoms with Crippen molar-refractivity contribution in [3.05, 3.63) is 86.2 Å². The molecule has 4 rings (SSSR count). The van der Waals surface area contributed by atoms with Crippen molar-refractivity contribution in [3.8, 4) is 11.5 Å². The Balaban J connectivity index is 1.49. The number of thioether (sulfide) groups is 1. The largest absolute Gasteiger partial charge is 0.493 e. The summed E-state index contributed by atoms with van der Waals surface area (Å²) in [6.45, 7) is -0.268. The Kier molecular flexibility index (Phi) is 8.43. The molecule has 3 aromatic carbocycles. The highest BCUT2D eigenvalue weighted by atomic mass is 35.5. The van der Waals surface area contributed by atoms with E-state index in [0.717, 1.165) is 11.8 Å². The van der Waals surface area contributed by atoms with E-state index in [9.17, 15) is 9.59 Å². The lowest BCUT2D eigenvalue weighted by atomic mass is 10.2. The van der Waals surface area contributed by atoms with Gasteiger partial charge >= 0.3 is 0 Å². The topological polar surface area (TPSA) is 89.0 Å². The van der Waals surface area contributed by atoms with E-state index in [0.29, 0.717) is 42.8 Å².